The van der Waals surface area contributed by atoms with Crippen LogP contribution in [0.4, 0.5) is 5.69 Å². The molecule has 2 aromatic rings. The summed E-state index contributed by atoms with van der Waals surface area (Å²) in [6, 6.07) is 12.3. The predicted molar refractivity (Wildman–Crippen MR) is 116 cm³/mol. The van der Waals surface area contributed by atoms with Crippen LogP contribution >= 0.6 is 0 Å². The van der Waals surface area contributed by atoms with Gasteiger partial charge in [-0.25, -0.2) is 0 Å². The van der Waals surface area contributed by atoms with Crippen LogP contribution in [-0.4, -0.2) is 32.3 Å². The highest BCUT2D eigenvalue weighted by Crippen LogP contribution is 2.52. The molecule has 1 saturated heterocycles. The zero-order valence-corrected chi connectivity index (χ0v) is 17.7. The van der Waals surface area contributed by atoms with Crippen LogP contribution in [0.3, 0.4) is 0 Å². The van der Waals surface area contributed by atoms with E-state index in [2.05, 4.69) is 55.3 Å². The Labute approximate surface area is 172 Å². The average molecular weight is 392 g/mol. The number of hydrogen-bond acceptors (Lipinski definition) is 4. The van der Waals surface area contributed by atoms with Crippen LogP contribution in [0.2, 0.25) is 0 Å². The maximum Gasteiger partial charge on any atom is 0.223 e. The largest absolute Gasteiger partial charge is 0.493 e. The Morgan fingerprint density at radius 1 is 1.14 bits per heavy atom. The van der Waals surface area contributed by atoms with Crippen LogP contribution in [0.1, 0.15) is 37.0 Å². The normalized spacial score (nSPS) is 22.2. The molecule has 2 heterocycles. The Bertz CT molecular complexity index is 996. The van der Waals surface area contributed by atoms with E-state index < -0.39 is 5.66 Å². The van der Waals surface area contributed by atoms with Gasteiger partial charge in [-0.1, -0.05) is 49.8 Å². The zero-order chi connectivity index (χ0) is 20.8. The lowest BCUT2D eigenvalue weighted by Gasteiger charge is -2.49. The molecular formula is C24H28N2O3. The molecule has 0 saturated carbocycles. The topological polar surface area (TPSA) is 50.8 Å². The molecule has 152 valence electrons. The van der Waals surface area contributed by atoms with Crippen molar-refractivity contribution in [1.29, 1.82) is 0 Å². The van der Waals surface area contributed by atoms with E-state index in [4.69, 9.17) is 9.47 Å². The minimum Gasteiger partial charge on any atom is -0.493 e. The van der Waals surface area contributed by atoms with Gasteiger partial charge in [-0.3, -0.25) is 4.79 Å². The van der Waals surface area contributed by atoms with Gasteiger partial charge in [-0.2, -0.15) is 0 Å². The highest BCUT2D eigenvalue weighted by molar-refractivity contribution is 5.85. The number of fused-ring (bicyclic) bond motifs is 3. The molecule has 1 N–H and O–H groups in total. The van der Waals surface area contributed by atoms with Gasteiger partial charge in [0.1, 0.15) is 5.66 Å². The number of carbonyl (C=O) groups excluding carboxylic acids is 1. The second-order valence-corrected chi connectivity index (χ2v) is 8.28. The first kappa shape index (κ1) is 19.4. The molecule has 1 fully saturated rings. The number of nitrogens with zero attached hydrogens (tertiary/aromatic N) is 1. The number of rotatable bonds is 4. The van der Waals surface area contributed by atoms with E-state index in [0.29, 0.717) is 24.5 Å². The number of amides is 1. The third-order valence-electron chi connectivity index (χ3n) is 6.32. The molecule has 4 rings (SSSR count). The minimum absolute atomic E-state index is 0.0705. The standard InChI is InChI=1S/C24H28N2O3/c1-16-9-10-19-18(15-16)23(2,3)24(25-21(27)12-14-26(19)24)13-11-17-7-6-8-20(28-4)22(17)29-5/h6-11,13,15H,12,14H2,1-5H3,(H,25,27). The van der Waals surface area contributed by atoms with E-state index in [-0.39, 0.29) is 11.3 Å². The Morgan fingerprint density at radius 2 is 1.93 bits per heavy atom. The second kappa shape index (κ2) is 6.83. The smallest absolute Gasteiger partial charge is 0.223 e. The van der Waals surface area contributed by atoms with Crippen molar-refractivity contribution in [2.75, 3.05) is 25.7 Å². The maximum absolute atomic E-state index is 12.5. The van der Waals surface area contributed by atoms with Crippen molar-refractivity contribution in [2.45, 2.75) is 38.3 Å². The van der Waals surface area contributed by atoms with Crippen molar-refractivity contribution in [2.24, 2.45) is 0 Å². The van der Waals surface area contributed by atoms with E-state index >= 15 is 0 Å². The Kier molecular flexibility index (Phi) is 4.56. The molecule has 1 atom stereocenters. The second-order valence-electron chi connectivity index (χ2n) is 8.28. The summed E-state index contributed by atoms with van der Waals surface area (Å²) in [5.41, 5.74) is 3.60. The van der Waals surface area contributed by atoms with Gasteiger partial charge in [0.15, 0.2) is 11.5 Å². The van der Waals surface area contributed by atoms with Gasteiger partial charge in [0, 0.05) is 29.6 Å². The molecule has 0 radical (unpaired) electrons. The van der Waals surface area contributed by atoms with Crippen LogP contribution in [0.5, 0.6) is 11.5 Å². The average Bonchev–Trinajstić information content (AvgIpc) is 2.89. The molecule has 29 heavy (non-hydrogen) atoms. The first-order valence-corrected chi connectivity index (χ1v) is 9.94. The quantitative estimate of drug-likeness (QED) is 0.853. The number of anilines is 1. The third-order valence-corrected chi connectivity index (χ3v) is 6.32. The van der Waals surface area contributed by atoms with Gasteiger partial charge < -0.3 is 19.7 Å². The third kappa shape index (κ3) is 2.79. The fourth-order valence-corrected chi connectivity index (χ4v) is 4.72. The van der Waals surface area contributed by atoms with Crippen molar-refractivity contribution in [3.8, 4) is 11.5 Å². The van der Waals surface area contributed by atoms with Gasteiger partial charge in [-0.05, 0) is 30.7 Å². The first-order valence-electron chi connectivity index (χ1n) is 9.94. The summed E-state index contributed by atoms with van der Waals surface area (Å²) in [5, 5.41) is 3.31. The summed E-state index contributed by atoms with van der Waals surface area (Å²) in [7, 11) is 3.27. The van der Waals surface area contributed by atoms with E-state index in [9.17, 15) is 4.79 Å². The molecule has 2 aliphatic heterocycles. The molecule has 2 aliphatic rings. The van der Waals surface area contributed by atoms with Crippen LogP contribution < -0.4 is 19.7 Å². The number of methoxy groups -OCH3 is 2. The summed E-state index contributed by atoms with van der Waals surface area (Å²) in [4.78, 5) is 14.9. The summed E-state index contributed by atoms with van der Waals surface area (Å²) >= 11 is 0. The molecule has 1 amide bonds. The van der Waals surface area contributed by atoms with E-state index in [0.717, 1.165) is 5.56 Å². The maximum atomic E-state index is 12.5. The number of ether oxygens (including phenoxy) is 2. The molecule has 0 spiro atoms. The Morgan fingerprint density at radius 3 is 2.66 bits per heavy atom. The number of hydrogen-bond donors (Lipinski definition) is 1. The van der Waals surface area contributed by atoms with Crippen molar-refractivity contribution in [1.82, 2.24) is 5.32 Å². The van der Waals surface area contributed by atoms with Gasteiger partial charge in [0.25, 0.3) is 0 Å². The number of benzene rings is 2. The Balaban J connectivity index is 1.86. The highest BCUT2D eigenvalue weighted by atomic mass is 16.5. The van der Waals surface area contributed by atoms with Crippen LogP contribution in [0.15, 0.2) is 42.5 Å². The van der Waals surface area contributed by atoms with Gasteiger partial charge >= 0.3 is 0 Å². The van der Waals surface area contributed by atoms with Crippen LogP contribution in [-0.2, 0) is 10.2 Å². The van der Waals surface area contributed by atoms with Crippen LogP contribution in [0.25, 0.3) is 6.08 Å². The highest BCUT2D eigenvalue weighted by Gasteiger charge is 2.57. The van der Waals surface area contributed by atoms with E-state index in [1.54, 1.807) is 14.2 Å². The van der Waals surface area contributed by atoms with Crippen molar-refractivity contribution >= 4 is 17.7 Å². The van der Waals surface area contributed by atoms with Gasteiger partial charge in [-0.15, -0.1) is 0 Å². The minimum atomic E-state index is -0.646. The summed E-state index contributed by atoms with van der Waals surface area (Å²) < 4.78 is 11.0. The van der Waals surface area contributed by atoms with Crippen molar-refractivity contribution in [3.05, 3.63) is 59.2 Å². The lowest BCUT2D eigenvalue weighted by Crippen LogP contribution is -2.68. The molecule has 2 aromatic carbocycles. The van der Waals surface area contributed by atoms with E-state index in [1.807, 2.05) is 24.3 Å². The van der Waals surface area contributed by atoms with Gasteiger partial charge in [0.05, 0.1) is 14.2 Å². The molecule has 0 aliphatic carbocycles. The van der Waals surface area contributed by atoms with Crippen LogP contribution in [0, 0.1) is 6.92 Å². The molecular weight excluding hydrogens is 364 g/mol. The molecule has 1 unspecified atom stereocenters. The predicted octanol–water partition coefficient (Wildman–Crippen LogP) is 4.04. The van der Waals surface area contributed by atoms with Crippen molar-refractivity contribution < 1.29 is 14.3 Å². The SMILES string of the molecule is COc1cccc(C=CC23NC(=O)CCN2c2ccc(C)cc2C3(C)C)c1OC. The molecule has 5 heteroatoms. The number of aryl methyl sites for hydroxylation is 1. The van der Waals surface area contributed by atoms with Gasteiger partial charge in [0.2, 0.25) is 5.91 Å². The lowest BCUT2D eigenvalue weighted by atomic mass is 9.74. The first-order chi connectivity index (χ1) is 13.8. The number of carbonyl (C=O) groups is 1. The fraction of sp³-hybridized carbons (Fsp3) is 0.375. The zero-order valence-electron chi connectivity index (χ0n) is 17.7. The van der Waals surface area contributed by atoms with E-state index in [1.165, 1.54) is 16.8 Å². The lowest BCUT2D eigenvalue weighted by molar-refractivity contribution is -0.124. The van der Waals surface area contributed by atoms with Crippen molar-refractivity contribution in [3.63, 3.8) is 0 Å². The Hall–Kier alpha value is -2.95. The molecule has 5 nitrogen and oxygen atoms in total. The molecule has 0 bridgehead atoms. The summed E-state index contributed by atoms with van der Waals surface area (Å²) in [5.74, 6) is 1.43. The summed E-state index contributed by atoms with van der Waals surface area (Å²) in [6.07, 6.45) is 4.62. The summed E-state index contributed by atoms with van der Waals surface area (Å²) in [6.45, 7) is 7.19. The number of para-hydroxylation sites is 1. The monoisotopic (exact) mass is 392 g/mol. The number of nitrogens with one attached hydrogen (secondary N) is 1. The molecule has 0 aromatic heterocycles. The fourth-order valence-electron chi connectivity index (χ4n) is 4.72.